The van der Waals surface area contributed by atoms with Gasteiger partial charge in [-0.25, -0.2) is 0 Å². The predicted octanol–water partition coefficient (Wildman–Crippen LogP) is 22.3. The van der Waals surface area contributed by atoms with Crippen LogP contribution in [0.4, 0.5) is 0 Å². The molecule has 0 spiro atoms. The maximum atomic E-state index is 12.4. The minimum atomic E-state index is -0.842. The Morgan fingerprint density at radius 3 is 0.922 bits per heavy atom. The number of unbranched alkanes of at least 4 members (excludes halogenated alkanes) is 50. The summed E-state index contributed by atoms with van der Waals surface area (Å²) in [5, 5.41) is 23.1. The highest BCUT2D eigenvalue weighted by Crippen LogP contribution is 2.18. The van der Waals surface area contributed by atoms with Crippen LogP contribution in [0.15, 0.2) is 36.5 Å². The Labute approximate surface area is 481 Å². The SMILES string of the molecule is CCCCCCCC/C=C\CCCCCCCCCC(=O)OCCCCCCCCCCCCCC/C=C\CCCCCCCCCCCCCCCCCC(=O)NC(CO)C(O)/C=C/CCCCCCCCCCCC. The summed E-state index contributed by atoms with van der Waals surface area (Å²) in [5.41, 5.74) is 0. The molecule has 0 aliphatic carbocycles. The zero-order chi connectivity index (χ0) is 55.7. The normalized spacial score (nSPS) is 12.7. The molecular weight excluding hydrogens is 947 g/mol. The summed E-state index contributed by atoms with van der Waals surface area (Å²) >= 11 is 0. The van der Waals surface area contributed by atoms with E-state index in [-0.39, 0.29) is 18.5 Å². The fourth-order valence-corrected chi connectivity index (χ4v) is 10.8. The van der Waals surface area contributed by atoms with Gasteiger partial charge in [-0.05, 0) is 83.5 Å². The highest BCUT2D eigenvalue weighted by Gasteiger charge is 2.18. The number of aliphatic hydroxyl groups is 2. The topological polar surface area (TPSA) is 95.9 Å². The molecule has 454 valence electrons. The number of carbonyl (C=O) groups is 2. The van der Waals surface area contributed by atoms with Crippen LogP contribution in [0.1, 0.15) is 380 Å². The first-order chi connectivity index (χ1) is 38.0. The number of carbonyl (C=O) groups excluding carboxylic acids is 2. The average Bonchev–Trinajstić information content (AvgIpc) is 3.43. The third kappa shape index (κ3) is 63.1. The van der Waals surface area contributed by atoms with E-state index in [1.54, 1.807) is 6.08 Å². The summed E-state index contributed by atoms with van der Waals surface area (Å²) in [6.45, 7) is 4.91. The van der Waals surface area contributed by atoms with E-state index in [0.717, 1.165) is 44.9 Å². The van der Waals surface area contributed by atoms with E-state index in [4.69, 9.17) is 4.74 Å². The van der Waals surface area contributed by atoms with E-state index in [0.29, 0.717) is 19.4 Å². The molecule has 6 heteroatoms. The lowest BCUT2D eigenvalue weighted by Crippen LogP contribution is -2.45. The lowest BCUT2D eigenvalue weighted by atomic mass is 10.0. The molecule has 0 aliphatic heterocycles. The molecular formula is C71H135NO5. The second-order valence-corrected chi connectivity index (χ2v) is 23.9. The number of nitrogens with one attached hydrogen (secondary N) is 1. The van der Waals surface area contributed by atoms with Gasteiger partial charge in [0.05, 0.1) is 25.4 Å². The number of hydrogen-bond acceptors (Lipinski definition) is 5. The molecule has 6 nitrogen and oxygen atoms in total. The van der Waals surface area contributed by atoms with Crippen LogP contribution in [-0.2, 0) is 14.3 Å². The van der Waals surface area contributed by atoms with E-state index >= 15 is 0 Å². The van der Waals surface area contributed by atoms with E-state index in [1.807, 2.05) is 6.08 Å². The first-order valence-corrected chi connectivity index (χ1v) is 34.8. The van der Waals surface area contributed by atoms with Gasteiger partial charge in [0.25, 0.3) is 0 Å². The molecule has 77 heavy (non-hydrogen) atoms. The number of esters is 1. The standard InChI is InChI=1S/C71H135NO5/c1-3-5-7-9-11-13-15-17-18-34-38-41-45-49-53-57-61-65-71(76)77-66-62-58-54-50-46-42-39-36-33-31-29-27-25-23-21-19-20-22-24-26-28-30-32-35-37-40-44-48-52-56-60-64-70(75)72-68(67-73)69(74)63-59-55-51-47-43-16-14-12-10-8-6-4-2/h17-18,21,23,59,63,68-69,73-74H,3-16,19-20,22,24-58,60-62,64-67H2,1-2H3,(H,72,75)/b18-17-,23-21-,63-59+. The number of allylic oxidation sites excluding steroid dienone is 5. The number of aliphatic hydroxyl groups excluding tert-OH is 2. The number of hydrogen-bond donors (Lipinski definition) is 3. The fourth-order valence-electron chi connectivity index (χ4n) is 10.8. The molecule has 0 radical (unpaired) electrons. The lowest BCUT2D eigenvalue weighted by Gasteiger charge is -2.20. The molecule has 2 unspecified atom stereocenters. The summed E-state index contributed by atoms with van der Waals surface area (Å²) in [5.74, 6) is -0.0511. The number of amides is 1. The Hall–Kier alpha value is -1.92. The van der Waals surface area contributed by atoms with E-state index in [2.05, 4.69) is 43.5 Å². The van der Waals surface area contributed by atoms with Crippen molar-refractivity contribution >= 4 is 11.9 Å². The molecule has 0 rings (SSSR count). The van der Waals surface area contributed by atoms with Gasteiger partial charge in [-0.2, -0.15) is 0 Å². The van der Waals surface area contributed by atoms with Gasteiger partial charge in [0.1, 0.15) is 0 Å². The molecule has 0 aliphatic rings. The Bertz CT molecular complexity index is 1250. The molecule has 0 aromatic rings. The molecule has 0 aromatic carbocycles. The van der Waals surface area contributed by atoms with Crippen LogP contribution in [0.3, 0.4) is 0 Å². The molecule has 0 fully saturated rings. The van der Waals surface area contributed by atoms with E-state index < -0.39 is 12.1 Å². The zero-order valence-electron chi connectivity index (χ0n) is 52.0. The first kappa shape index (κ1) is 75.1. The van der Waals surface area contributed by atoms with Crippen molar-refractivity contribution in [3.8, 4) is 0 Å². The molecule has 0 heterocycles. The van der Waals surface area contributed by atoms with E-state index in [9.17, 15) is 19.8 Å². The Morgan fingerprint density at radius 2 is 0.610 bits per heavy atom. The molecule has 2 atom stereocenters. The van der Waals surface area contributed by atoms with Gasteiger partial charge in [0.15, 0.2) is 0 Å². The molecule has 1 amide bonds. The van der Waals surface area contributed by atoms with Gasteiger partial charge in [-0.1, -0.05) is 320 Å². The highest BCUT2D eigenvalue weighted by molar-refractivity contribution is 5.76. The average molecular weight is 1080 g/mol. The van der Waals surface area contributed by atoms with Crippen molar-refractivity contribution in [1.29, 1.82) is 0 Å². The molecule has 0 bridgehead atoms. The van der Waals surface area contributed by atoms with Crippen LogP contribution >= 0.6 is 0 Å². The van der Waals surface area contributed by atoms with Crippen molar-refractivity contribution in [2.75, 3.05) is 13.2 Å². The van der Waals surface area contributed by atoms with Crippen LogP contribution in [0.5, 0.6) is 0 Å². The minimum absolute atomic E-state index is 0.0143. The van der Waals surface area contributed by atoms with Crippen molar-refractivity contribution in [1.82, 2.24) is 5.32 Å². The minimum Gasteiger partial charge on any atom is -0.466 e. The van der Waals surface area contributed by atoms with Gasteiger partial charge >= 0.3 is 5.97 Å². The Morgan fingerprint density at radius 1 is 0.351 bits per heavy atom. The third-order valence-corrected chi connectivity index (χ3v) is 16.1. The smallest absolute Gasteiger partial charge is 0.305 e. The van der Waals surface area contributed by atoms with Crippen LogP contribution < -0.4 is 5.32 Å². The van der Waals surface area contributed by atoms with Crippen LogP contribution in [0.25, 0.3) is 0 Å². The number of ether oxygens (including phenoxy) is 1. The van der Waals surface area contributed by atoms with Gasteiger partial charge in [-0.15, -0.1) is 0 Å². The van der Waals surface area contributed by atoms with E-state index in [1.165, 1.54) is 308 Å². The van der Waals surface area contributed by atoms with Crippen molar-refractivity contribution in [3.63, 3.8) is 0 Å². The summed E-state index contributed by atoms with van der Waals surface area (Å²) in [6, 6.07) is -0.625. The second kappa shape index (κ2) is 66.6. The van der Waals surface area contributed by atoms with Gasteiger partial charge < -0.3 is 20.3 Å². The van der Waals surface area contributed by atoms with Crippen molar-refractivity contribution in [2.24, 2.45) is 0 Å². The quantitative estimate of drug-likeness (QED) is 0.0320. The van der Waals surface area contributed by atoms with Crippen LogP contribution in [0.2, 0.25) is 0 Å². The molecule has 0 saturated heterocycles. The van der Waals surface area contributed by atoms with Gasteiger partial charge in [-0.3, -0.25) is 9.59 Å². The van der Waals surface area contributed by atoms with Crippen LogP contribution in [-0.4, -0.2) is 47.4 Å². The monoisotopic (exact) mass is 1080 g/mol. The number of rotatable bonds is 65. The van der Waals surface area contributed by atoms with Gasteiger partial charge in [0.2, 0.25) is 5.91 Å². The molecule has 3 N–H and O–H groups in total. The Balaban J connectivity index is 3.35. The summed E-state index contributed by atoms with van der Waals surface area (Å²) < 4.78 is 5.50. The largest absolute Gasteiger partial charge is 0.466 e. The fraction of sp³-hybridized carbons (Fsp3) is 0.887. The molecule has 0 saturated carbocycles. The summed E-state index contributed by atoms with van der Waals surface area (Å²) in [7, 11) is 0. The maximum absolute atomic E-state index is 12.4. The first-order valence-electron chi connectivity index (χ1n) is 34.8. The maximum Gasteiger partial charge on any atom is 0.305 e. The summed E-state index contributed by atoms with van der Waals surface area (Å²) in [4.78, 5) is 24.5. The summed E-state index contributed by atoms with van der Waals surface area (Å²) in [6.07, 6.45) is 85.1. The predicted molar refractivity (Wildman–Crippen MR) is 338 cm³/mol. The van der Waals surface area contributed by atoms with Crippen molar-refractivity contribution in [3.05, 3.63) is 36.5 Å². The highest BCUT2D eigenvalue weighted by atomic mass is 16.5. The second-order valence-electron chi connectivity index (χ2n) is 23.9. The molecule has 0 aromatic heterocycles. The van der Waals surface area contributed by atoms with Crippen molar-refractivity contribution < 1.29 is 24.5 Å². The lowest BCUT2D eigenvalue weighted by molar-refractivity contribution is -0.143. The Kier molecular flexibility index (Phi) is 64.9. The van der Waals surface area contributed by atoms with Crippen LogP contribution in [0, 0.1) is 0 Å². The van der Waals surface area contributed by atoms with Gasteiger partial charge in [0, 0.05) is 12.8 Å². The van der Waals surface area contributed by atoms with Crippen molar-refractivity contribution in [2.45, 2.75) is 392 Å². The third-order valence-electron chi connectivity index (χ3n) is 16.1. The zero-order valence-corrected chi connectivity index (χ0v) is 52.0.